The van der Waals surface area contributed by atoms with Crippen LogP contribution in [0.25, 0.3) is 0 Å². The van der Waals surface area contributed by atoms with Crippen LogP contribution >= 0.6 is 0 Å². The van der Waals surface area contributed by atoms with E-state index in [4.69, 9.17) is 14.2 Å². The van der Waals surface area contributed by atoms with E-state index in [1.165, 1.54) is 31.3 Å². The van der Waals surface area contributed by atoms with Crippen molar-refractivity contribution in [3.63, 3.8) is 0 Å². The lowest BCUT2D eigenvalue weighted by molar-refractivity contribution is -0.160. The van der Waals surface area contributed by atoms with Crippen LogP contribution in [-0.2, 0) is 19.0 Å². The molecular formula is C31H48O5. The molecule has 5 aliphatic rings. The van der Waals surface area contributed by atoms with Gasteiger partial charge < -0.3 is 19.3 Å². The summed E-state index contributed by atoms with van der Waals surface area (Å²) in [4.78, 5) is 12.0. The van der Waals surface area contributed by atoms with Gasteiger partial charge in [0.1, 0.15) is 13.2 Å². The second-order valence-electron chi connectivity index (χ2n) is 13.8. The molecule has 0 unspecified atom stereocenters. The van der Waals surface area contributed by atoms with Gasteiger partial charge in [-0.3, -0.25) is 4.79 Å². The summed E-state index contributed by atoms with van der Waals surface area (Å²) in [6.45, 7) is 9.68. The highest BCUT2D eigenvalue weighted by Gasteiger charge is 2.58. The Labute approximate surface area is 218 Å². The first-order valence-corrected chi connectivity index (χ1v) is 14.6. The highest BCUT2D eigenvalue weighted by atomic mass is 16.6. The Morgan fingerprint density at radius 1 is 1.08 bits per heavy atom. The molecule has 5 nitrogen and oxygen atoms in total. The lowest BCUT2D eigenvalue weighted by Gasteiger charge is -2.58. The van der Waals surface area contributed by atoms with E-state index in [0.29, 0.717) is 49.4 Å². The van der Waals surface area contributed by atoms with Gasteiger partial charge in [-0.1, -0.05) is 13.0 Å². The van der Waals surface area contributed by atoms with Gasteiger partial charge in [-0.2, -0.15) is 0 Å². The third kappa shape index (κ3) is 5.04. The van der Waals surface area contributed by atoms with E-state index in [0.717, 1.165) is 38.5 Å². The van der Waals surface area contributed by atoms with E-state index in [1.807, 2.05) is 27.0 Å². The lowest BCUT2D eigenvalue weighted by Crippen LogP contribution is -2.54. The largest absolute Gasteiger partial charge is 0.497 e. The van der Waals surface area contributed by atoms with Gasteiger partial charge in [-0.05, 0) is 132 Å². The maximum atomic E-state index is 12.1. The quantitative estimate of drug-likeness (QED) is 0.359. The van der Waals surface area contributed by atoms with E-state index in [2.05, 4.69) is 19.1 Å². The summed E-state index contributed by atoms with van der Waals surface area (Å²) < 4.78 is 17.3. The molecule has 1 aliphatic heterocycles. The van der Waals surface area contributed by atoms with E-state index >= 15 is 0 Å². The molecule has 4 saturated carbocycles. The molecule has 5 heteroatoms. The molecule has 2 bridgehead atoms. The summed E-state index contributed by atoms with van der Waals surface area (Å²) in [6, 6.07) is 0. The molecular weight excluding hydrogens is 452 g/mol. The second-order valence-corrected chi connectivity index (χ2v) is 13.8. The van der Waals surface area contributed by atoms with Crippen molar-refractivity contribution in [2.24, 2.45) is 40.4 Å². The number of ether oxygens (including phenoxy) is 3. The summed E-state index contributed by atoms with van der Waals surface area (Å²) >= 11 is 0. The third-order valence-corrected chi connectivity index (χ3v) is 10.7. The molecule has 1 N–H and O–H groups in total. The van der Waals surface area contributed by atoms with Crippen LogP contribution in [-0.4, -0.2) is 42.6 Å². The first kappa shape index (κ1) is 26.3. The predicted molar refractivity (Wildman–Crippen MR) is 140 cm³/mol. The topological polar surface area (TPSA) is 65.0 Å². The molecule has 0 aromatic heterocycles. The van der Waals surface area contributed by atoms with E-state index < -0.39 is 11.0 Å². The van der Waals surface area contributed by atoms with Crippen LogP contribution in [0.3, 0.4) is 0 Å². The molecule has 1 heterocycles. The average Bonchev–Trinajstić information content (AvgIpc) is 2.96. The minimum Gasteiger partial charge on any atom is -0.497 e. The van der Waals surface area contributed by atoms with Gasteiger partial charge in [-0.15, -0.1) is 0 Å². The highest BCUT2D eigenvalue weighted by Crippen LogP contribution is 2.63. The third-order valence-electron chi connectivity index (χ3n) is 10.7. The summed E-state index contributed by atoms with van der Waals surface area (Å²) in [5.41, 5.74) is 0.662. The molecule has 0 amide bonds. The Hall–Kier alpha value is -1.33. The van der Waals surface area contributed by atoms with E-state index in [1.54, 1.807) is 0 Å². The SMILES string of the molecule is CC(C)(C)C(=O)OCCO[C@H]1CC[C@@]2(C)[C@H](CC[C@@H]3[C@@H]2CC[C@@H]2C[C@]3(O)CC[C@@H]2C2=COCC=C2)C1. The van der Waals surface area contributed by atoms with Gasteiger partial charge in [0.25, 0.3) is 0 Å². The van der Waals surface area contributed by atoms with Crippen LogP contribution in [0.1, 0.15) is 91.9 Å². The van der Waals surface area contributed by atoms with Crippen LogP contribution < -0.4 is 0 Å². The first-order chi connectivity index (χ1) is 17.1. The summed E-state index contributed by atoms with van der Waals surface area (Å²) in [6.07, 6.45) is 17.8. The summed E-state index contributed by atoms with van der Waals surface area (Å²) in [5, 5.41) is 12.1. The predicted octanol–water partition coefficient (Wildman–Crippen LogP) is 6.21. The number of aliphatic hydroxyl groups is 1. The van der Waals surface area contributed by atoms with Crippen LogP contribution in [0.5, 0.6) is 0 Å². The number of hydrogen-bond acceptors (Lipinski definition) is 5. The van der Waals surface area contributed by atoms with Crippen molar-refractivity contribution in [1.82, 2.24) is 0 Å². The fraction of sp³-hybridized carbons (Fsp3) is 0.839. The van der Waals surface area contributed by atoms with Crippen molar-refractivity contribution in [3.8, 4) is 0 Å². The van der Waals surface area contributed by atoms with Crippen LogP contribution in [0.15, 0.2) is 24.0 Å². The fourth-order valence-corrected chi connectivity index (χ4v) is 8.70. The van der Waals surface area contributed by atoms with E-state index in [9.17, 15) is 9.90 Å². The second kappa shape index (κ2) is 10.1. The highest BCUT2D eigenvalue weighted by molar-refractivity contribution is 5.75. The van der Waals surface area contributed by atoms with Gasteiger partial charge in [0.05, 0.1) is 30.0 Å². The number of fused-ring (bicyclic) bond motifs is 6. The van der Waals surface area contributed by atoms with Crippen molar-refractivity contribution in [2.45, 2.75) is 104 Å². The summed E-state index contributed by atoms with van der Waals surface area (Å²) in [7, 11) is 0. The van der Waals surface area contributed by atoms with Gasteiger partial charge in [0, 0.05) is 0 Å². The Balaban J connectivity index is 1.21. The molecule has 0 spiro atoms. The van der Waals surface area contributed by atoms with Crippen molar-refractivity contribution < 1.29 is 24.1 Å². The van der Waals surface area contributed by atoms with Gasteiger partial charge in [-0.25, -0.2) is 0 Å². The smallest absolute Gasteiger partial charge is 0.311 e. The number of rotatable bonds is 5. The van der Waals surface area contributed by atoms with Crippen molar-refractivity contribution >= 4 is 5.97 Å². The van der Waals surface area contributed by atoms with Crippen molar-refractivity contribution in [2.75, 3.05) is 19.8 Å². The monoisotopic (exact) mass is 500 g/mol. The van der Waals surface area contributed by atoms with Gasteiger partial charge >= 0.3 is 5.97 Å². The molecule has 0 saturated heterocycles. The van der Waals surface area contributed by atoms with Crippen LogP contribution in [0.4, 0.5) is 0 Å². The van der Waals surface area contributed by atoms with Crippen LogP contribution in [0, 0.1) is 40.4 Å². The minimum absolute atomic E-state index is 0.164. The molecule has 36 heavy (non-hydrogen) atoms. The normalized spacial score (nSPS) is 42.3. The average molecular weight is 501 g/mol. The molecule has 0 aromatic carbocycles. The number of carbonyl (C=O) groups is 1. The zero-order valence-electron chi connectivity index (χ0n) is 23.0. The zero-order chi connectivity index (χ0) is 25.6. The Morgan fingerprint density at radius 2 is 1.89 bits per heavy atom. The molecule has 0 aromatic rings. The molecule has 0 radical (unpaired) electrons. The maximum absolute atomic E-state index is 12.1. The molecule has 5 rings (SSSR count). The molecule has 8 atom stereocenters. The van der Waals surface area contributed by atoms with Gasteiger partial charge in [0.2, 0.25) is 0 Å². The number of esters is 1. The zero-order valence-corrected chi connectivity index (χ0v) is 23.0. The number of allylic oxidation sites excluding steroid dienone is 2. The molecule has 4 aliphatic carbocycles. The minimum atomic E-state index is -0.500. The number of hydrogen-bond donors (Lipinski definition) is 1. The Kier molecular flexibility index (Phi) is 7.37. The Morgan fingerprint density at radius 3 is 2.64 bits per heavy atom. The van der Waals surface area contributed by atoms with Crippen LogP contribution in [0.2, 0.25) is 0 Å². The number of carbonyl (C=O) groups excluding carboxylic acids is 1. The fourth-order valence-electron chi connectivity index (χ4n) is 8.70. The lowest BCUT2D eigenvalue weighted by atomic mass is 9.49. The first-order valence-electron chi connectivity index (χ1n) is 14.6. The van der Waals surface area contributed by atoms with Crippen molar-refractivity contribution in [1.29, 1.82) is 0 Å². The van der Waals surface area contributed by atoms with E-state index in [-0.39, 0.29) is 17.5 Å². The van der Waals surface area contributed by atoms with Crippen molar-refractivity contribution in [3.05, 3.63) is 24.0 Å². The molecule has 4 fully saturated rings. The molecule has 202 valence electrons. The standard InChI is InChI=1S/C31H48O5/c1-29(2,3)28(32)36-17-16-35-24-11-13-30(4)23(18-24)8-10-27-26(30)9-7-21-19-31(27,33)14-12-25(21)22-6-5-15-34-20-22/h5-6,20-21,23-27,33H,7-19H2,1-4H3/t21-,23-,24+,25+,26+,27-,30+,31-/m1/s1. The summed E-state index contributed by atoms with van der Waals surface area (Å²) in [5.74, 6) is 2.62. The Bertz CT molecular complexity index is 871. The van der Waals surface area contributed by atoms with Gasteiger partial charge in [0.15, 0.2) is 0 Å². The maximum Gasteiger partial charge on any atom is 0.311 e.